The summed E-state index contributed by atoms with van der Waals surface area (Å²) in [6.07, 6.45) is 0. The monoisotopic (exact) mass is 547 g/mol. The molecule has 0 saturated heterocycles. The third-order valence-electron chi connectivity index (χ3n) is 4.86. The van der Waals surface area contributed by atoms with Gasteiger partial charge in [-0.1, -0.05) is 25.1 Å². The second kappa shape index (κ2) is 16.3. The molecule has 0 atom stereocenters. The molecular formula is C30H27Cl2Zr-3. The maximum absolute atomic E-state index is 3.00. The van der Waals surface area contributed by atoms with Crippen LogP contribution < -0.4 is 24.8 Å². The first-order valence-electron chi connectivity index (χ1n) is 10.1. The molecule has 0 bridgehead atoms. The van der Waals surface area contributed by atoms with E-state index in [1.807, 2.05) is 0 Å². The van der Waals surface area contributed by atoms with E-state index >= 15 is 0 Å². The van der Waals surface area contributed by atoms with Crippen molar-refractivity contribution in [2.75, 3.05) is 0 Å². The van der Waals surface area contributed by atoms with Crippen LogP contribution in [0.4, 0.5) is 0 Å². The van der Waals surface area contributed by atoms with Crippen molar-refractivity contribution in [1.29, 1.82) is 0 Å². The molecule has 0 saturated carbocycles. The van der Waals surface area contributed by atoms with Gasteiger partial charge in [-0.2, -0.15) is 41.1 Å². The van der Waals surface area contributed by atoms with Crippen molar-refractivity contribution in [2.24, 2.45) is 0 Å². The van der Waals surface area contributed by atoms with Crippen LogP contribution in [0.25, 0.3) is 32.3 Å². The minimum absolute atomic E-state index is 0. The maximum Gasteiger partial charge on any atom is 2.00 e. The summed E-state index contributed by atoms with van der Waals surface area (Å²) in [5, 5.41) is 8.02. The Morgan fingerprint density at radius 3 is 1.36 bits per heavy atom. The third-order valence-corrected chi connectivity index (χ3v) is 4.86. The van der Waals surface area contributed by atoms with Crippen LogP contribution in [0.15, 0.2) is 134 Å². The standard InChI is InChI=1S/C10H9.2C9H7.C2H4.2ClH.Zr/c1-8-6-9-4-2-3-5-10(9)7-8;2*1-2-5-9-7-3-6-8(9)4-1;1-2;;;/h2-7H,1H3;2*1-7H;1-2H2;2*1H;/q3*-1;;;;+2/p-2. The summed E-state index contributed by atoms with van der Waals surface area (Å²) in [5.41, 5.74) is 1.35. The Morgan fingerprint density at radius 1 is 0.545 bits per heavy atom. The van der Waals surface area contributed by atoms with E-state index in [0.717, 1.165) is 0 Å². The van der Waals surface area contributed by atoms with Gasteiger partial charge in [-0.3, -0.25) is 0 Å². The van der Waals surface area contributed by atoms with E-state index in [2.05, 4.69) is 141 Å². The fourth-order valence-electron chi connectivity index (χ4n) is 3.45. The van der Waals surface area contributed by atoms with Crippen LogP contribution in [0, 0.1) is 6.92 Å². The molecule has 0 radical (unpaired) electrons. The number of aryl methyl sites for hydroxylation is 1. The molecule has 0 unspecified atom stereocenters. The van der Waals surface area contributed by atoms with Gasteiger partial charge >= 0.3 is 26.2 Å². The normalized spacial score (nSPS) is 8.88. The van der Waals surface area contributed by atoms with Crippen molar-refractivity contribution < 1.29 is 51.0 Å². The zero-order chi connectivity index (χ0) is 21.2. The molecule has 3 heteroatoms. The van der Waals surface area contributed by atoms with E-state index in [1.54, 1.807) is 0 Å². The summed E-state index contributed by atoms with van der Waals surface area (Å²) in [6.45, 7) is 8.12. The summed E-state index contributed by atoms with van der Waals surface area (Å²) in [4.78, 5) is 0. The van der Waals surface area contributed by atoms with E-state index in [-0.39, 0.29) is 51.0 Å². The van der Waals surface area contributed by atoms with Crippen molar-refractivity contribution in [2.45, 2.75) is 6.92 Å². The first-order valence-corrected chi connectivity index (χ1v) is 10.1. The number of halogens is 2. The number of benzene rings is 3. The molecule has 0 N–H and O–H groups in total. The molecular weight excluding hydrogens is 522 g/mol. The zero-order valence-corrected chi connectivity index (χ0v) is 22.7. The van der Waals surface area contributed by atoms with Crippen LogP contribution >= 0.6 is 0 Å². The minimum atomic E-state index is 0. The van der Waals surface area contributed by atoms with E-state index in [0.29, 0.717) is 0 Å². The average molecular weight is 550 g/mol. The van der Waals surface area contributed by atoms with E-state index in [4.69, 9.17) is 0 Å². The summed E-state index contributed by atoms with van der Waals surface area (Å²) < 4.78 is 0. The van der Waals surface area contributed by atoms with E-state index in [1.165, 1.54) is 37.9 Å². The minimum Gasteiger partial charge on any atom is -1.00 e. The molecule has 6 rings (SSSR count). The Labute approximate surface area is 229 Å². The van der Waals surface area contributed by atoms with Gasteiger partial charge in [-0.25, -0.2) is 0 Å². The SMILES string of the molecule is C=C.Cc1cc2ccccc2[cH-]1.[Cl-].[Cl-].[Zr+2].c1ccc2[cH-]ccc2c1.c1ccc2[cH-]ccc2c1. The van der Waals surface area contributed by atoms with Gasteiger partial charge in [-0.05, 0) is 0 Å². The molecule has 6 aromatic rings. The number of hydrogen-bond acceptors (Lipinski definition) is 0. The third kappa shape index (κ3) is 8.86. The first-order chi connectivity index (χ1) is 14.8. The molecule has 0 fully saturated rings. The van der Waals surface area contributed by atoms with E-state index < -0.39 is 0 Å². The predicted octanol–water partition coefficient (Wildman–Crippen LogP) is 2.79. The summed E-state index contributed by atoms with van der Waals surface area (Å²) >= 11 is 0. The van der Waals surface area contributed by atoms with Crippen LogP contribution in [-0.2, 0) is 26.2 Å². The van der Waals surface area contributed by atoms with Crippen LogP contribution in [0.3, 0.4) is 0 Å². The smallest absolute Gasteiger partial charge is 1.00 e. The van der Waals surface area contributed by atoms with Gasteiger partial charge in [0.05, 0.1) is 0 Å². The fraction of sp³-hybridized carbons (Fsp3) is 0.0333. The molecule has 0 amide bonds. The van der Waals surface area contributed by atoms with Crippen molar-refractivity contribution in [3.05, 3.63) is 140 Å². The quantitative estimate of drug-likeness (QED) is 0.202. The summed E-state index contributed by atoms with van der Waals surface area (Å²) in [6, 6.07) is 42.2. The largest absolute Gasteiger partial charge is 2.00 e. The second-order valence-electron chi connectivity index (χ2n) is 6.97. The number of rotatable bonds is 0. The molecule has 168 valence electrons. The molecule has 33 heavy (non-hydrogen) atoms. The molecule has 0 nitrogen and oxygen atoms in total. The Balaban J connectivity index is 0.000000430. The molecule has 0 aliphatic rings. The molecule has 0 aliphatic carbocycles. The average Bonchev–Trinajstić information content (AvgIpc) is 3.54. The van der Waals surface area contributed by atoms with Gasteiger partial charge in [-0.15, -0.1) is 113 Å². The topological polar surface area (TPSA) is 0 Å². The predicted molar refractivity (Wildman–Crippen MR) is 135 cm³/mol. The number of fused-ring (bicyclic) bond motifs is 3. The van der Waals surface area contributed by atoms with Gasteiger partial charge in [0, 0.05) is 0 Å². The number of hydrogen-bond donors (Lipinski definition) is 0. The first kappa shape index (κ1) is 30.7. The zero-order valence-electron chi connectivity index (χ0n) is 18.7. The van der Waals surface area contributed by atoms with Gasteiger partial charge < -0.3 is 24.8 Å². The van der Waals surface area contributed by atoms with Crippen molar-refractivity contribution >= 4 is 32.3 Å². The Bertz CT molecular complexity index is 1150. The van der Waals surface area contributed by atoms with Crippen LogP contribution in [-0.4, -0.2) is 0 Å². The Morgan fingerprint density at radius 2 is 0.939 bits per heavy atom. The summed E-state index contributed by atoms with van der Waals surface area (Å²) in [5.74, 6) is 0. The maximum atomic E-state index is 3.00. The van der Waals surface area contributed by atoms with Gasteiger partial charge in [0.1, 0.15) is 0 Å². The van der Waals surface area contributed by atoms with Crippen LogP contribution in [0.1, 0.15) is 5.56 Å². The molecule has 0 heterocycles. The van der Waals surface area contributed by atoms with Crippen molar-refractivity contribution in [3.63, 3.8) is 0 Å². The van der Waals surface area contributed by atoms with Crippen LogP contribution in [0.2, 0.25) is 0 Å². The van der Waals surface area contributed by atoms with Crippen molar-refractivity contribution in [1.82, 2.24) is 0 Å². The van der Waals surface area contributed by atoms with E-state index in [9.17, 15) is 0 Å². The van der Waals surface area contributed by atoms with Gasteiger partial charge in [0.2, 0.25) is 0 Å². The molecule has 6 aromatic carbocycles. The Hall–Kier alpha value is -2.31. The molecule has 0 aromatic heterocycles. The second-order valence-corrected chi connectivity index (χ2v) is 6.97. The Kier molecular flexibility index (Phi) is 15.2. The molecule has 0 spiro atoms. The van der Waals surface area contributed by atoms with Crippen molar-refractivity contribution in [3.8, 4) is 0 Å². The summed E-state index contributed by atoms with van der Waals surface area (Å²) in [7, 11) is 0. The fourth-order valence-corrected chi connectivity index (χ4v) is 3.45. The van der Waals surface area contributed by atoms with Gasteiger partial charge in [0.25, 0.3) is 0 Å². The van der Waals surface area contributed by atoms with Crippen LogP contribution in [0.5, 0.6) is 0 Å². The molecule has 0 aliphatic heterocycles. The van der Waals surface area contributed by atoms with Gasteiger partial charge in [0.15, 0.2) is 0 Å².